The molecule has 1 amide bonds. The summed E-state index contributed by atoms with van der Waals surface area (Å²) in [5.74, 6) is 0.193. The van der Waals surface area contributed by atoms with E-state index < -0.39 is 20.9 Å². The Morgan fingerprint density at radius 2 is 1.75 bits per heavy atom. The molecule has 2 N–H and O–H groups in total. The van der Waals surface area contributed by atoms with Crippen molar-refractivity contribution in [3.63, 3.8) is 0 Å². The van der Waals surface area contributed by atoms with E-state index >= 15 is 0 Å². The maximum atomic E-state index is 13.7. The van der Waals surface area contributed by atoms with Gasteiger partial charge >= 0.3 is 0 Å². The zero-order valence-corrected chi connectivity index (χ0v) is 25.9. The first-order chi connectivity index (χ1) is 21.0. The maximum absolute atomic E-state index is 13.7. The minimum absolute atomic E-state index is 0.00821. The van der Waals surface area contributed by atoms with Crippen molar-refractivity contribution in [3.05, 3.63) is 87.6 Å². The monoisotopic (exact) mass is 641 g/mol. The molecule has 4 aromatic rings. The Bertz CT molecular complexity index is 1770. The van der Waals surface area contributed by atoms with Crippen LogP contribution in [0.15, 0.2) is 71.6 Å². The smallest absolute Gasteiger partial charge is 0.296 e. The van der Waals surface area contributed by atoms with Crippen molar-refractivity contribution in [1.29, 1.82) is 0 Å². The lowest BCUT2D eigenvalue weighted by Gasteiger charge is -2.23. The number of hydrogen-bond donors (Lipinski definition) is 2. The van der Waals surface area contributed by atoms with Crippen LogP contribution in [0, 0.1) is 17.0 Å². The Morgan fingerprint density at radius 1 is 1.02 bits per heavy atom. The van der Waals surface area contributed by atoms with E-state index in [1.807, 2.05) is 19.1 Å². The van der Waals surface area contributed by atoms with Gasteiger partial charge in [0.05, 0.1) is 35.1 Å². The van der Waals surface area contributed by atoms with Crippen LogP contribution >= 0.6 is 11.6 Å². The predicted molar refractivity (Wildman–Crippen MR) is 169 cm³/mol. The first kappa shape index (κ1) is 32.5. The standard InChI is InChI=1S/C30H32ClN5O7S/c1-4-43-23-8-12-27(29(19-23)36(38)39)34-30(37)13-15-35(44(40,41)24-9-6-22(42-3)7-10-24)16-14-32-28-17-20(2)33-26-11-5-21(31)18-25(26)28/h5-12,17-19H,4,13-16H2,1-3H3,(H,32,33)(H,34,37). The molecule has 0 unspecified atom stereocenters. The summed E-state index contributed by atoms with van der Waals surface area (Å²) in [6.07, 6.45) is -0.257. The van der Waals surface area contributed by atoms with Gasteiger partial charge in [-0.15, -0.1) is 0 Å². The largest absolute Gasteiger partial charge is 0.497 e. The first-order valence-corrected chi connectivity index (χ1v) is 15.5. The summed E-state index contributed by atoms with van der Waals surface area (Å²) in [7, 11) is -2.56. The van der Waals surface area contributed by atoms with Crippen molar-refractivity contribution in [3.8, 4) is 11.5 Å². The second-order valence-electron chi connectivity index (χ2n) is 9.65. The van der Waals surface area contributed by atoms with Gasteiger partial charge in [0.2, 0.25) is 15.9 Å². The van der Waals surface area contributed by atoms with Gasteiger partial charge in [0.25, 0.3) is 5.69 Å². The fraction of sp³-hybridized carbons (Fsp3) is 0.267. The van der Waals surface area contributed by atoms with Gasteiger partial charge in [-0.2, -0.15) is 4.31 Å². The third kappa shape index (κ3) is 7.92. The molecule has 0 aliphatic heterocycles. The number of halogens is 1. The molecular formula is C30H32ClN5O7S. The minimum Gasteiger partial charge on any atom is -0.497 e. The third-order valence-corrected chi connectivity index (χ3v) is 8.76. The molecule has 0 saturated heterocycles. The quantitative estimate of drug-likeness (QED) is 0.131. The van der Waals surface area contributed by atoms with Crippen molar-refractivity contribution in [1.82, 2.24) is 9.29 Å². The Balaban J connectivity index is 1.53. The number of hydrogen-bond acceptors (Lipinski definition) is 9. The average Bonchev–Trinajstić information content (AvgIpc) is 2.99. The van der Waals surface area contributed by atoms with E-state index in [1.165, 1.54) is 53.9 Å². The van der Waals surface area contributed by atoms with Gasteiger partial charge in [-0.1, -0.05) is 11.6 Å². The van der Waals surface area contributed by atoms with Gasteiger partial charge in [0.1, 0.15) is 17.2 Å². The number of nitro groups is 1. The van der Waals surface area contributed by atoms with E-state index in [-0.39, 0.29) is 42.3 Å². The highest BCUT2D eigenvalue weighted by Crippen LogP contribution is 2.30. The van der Waals surface area contributed by atoms with Crippen molar-refractivity contribution >= 4 is 55.5 Å². The number of nitro benzene ring substituents is 1. The maximum Gasteiger partial charge on any atom is 0.296 e. The number of fused-ring (bicyclic) bond motifs is 1. The van der Waals surface area contributed by atoms with Crippen LogP contribution in [-0.4, -0.2) is 61.9 Å². The van der Waals surface area contributed by atoms with Gasteiger partial charge in [-0.25, -0.2) is 8.42 Å². The molecule has 0 spiro atoms. The number of amides is 1. The number of nitrogens with zero attached hydrogens (tertiary/aromatic N) is 3. The van der Waals surface area contributed by atoms with E-state index in [0.29, 0.717) is 23.1 Å². The number of aromatic nitrogens is 1. The summed E-state index contributed by atoms with van der Waals surface area (Å²) in [5.41, 5.74) is 1.88. The van der Waals surface area contributed by atoms with Crippen molar-refractivity contribution < 1.29 is 27.6 Å². The number of ether oxygens (including phenoxy) is 2. The molecule has 44 heavy (non-hydrogen) atoms. The highest BCUT2D eigenvalue weighted by molar-refractivity contribution is 7.89. The SMILES string of the molecule is CCOc1ccc(NC(=O)CCN(CCNc2cc(C)nc3ccc(Cl)cc23)S(=O)(=O)c2ccc(OC)cc2)c([N+](=O)[O-])c1. The number of nitrogens with one attached hydrogen (secondary N) is 2. The normalized spacial score (nSPS) is 11.4. The Hall–Kier alpha value is -4.46. The number of aryl methyl sites for hydroxylation is 1. The van der Waals surface area contributed by atoms with Crippen molar-refractivity contribution in [2.24, 2.45) is 0 Å². The number of sulfonamides is 1. The van der Waals surface area contributed by atoms with Crippen LogP contribution in [0.1, 0.15) is 19.0 Å². The van der Waals surface area contributed by atoms with Crippen LogP contribution in [0.25, 0.3) is 10.9 Å². The second kappa shape index (κ2) is 14.3. The molecule has 4 rings (SSSR count). The van der Waals surface area contributed by atoms with E-state index in [0.717, 1.165) is 22.3 Å². The first-order valence-electron chi connectivity index (χ1n) is 13.7. The van der Waals surface area contributed by atoms with Crippen molar-refractivity contribution in [2.75, 3.05) is 44.0 Å². The summed E-state index contributed by atoms with van der Waals surface area (Å²) in [6, 6.07) is 17.2. The van der Waals surface area contributed by atoms with Crippen LogP contribution in [-0.2, 0) is 14.8 Å². The number of anilines is 2. The number of carbonyl (C=O) groups is 1. The van der Waals surface area contributed by atoms with Gasteiger partial charge in [0, 0.05) is 47.8 Å². The lowest BCUT2D eigenvalue weighted by Crippen LogP contribution is -2.37. The zero-order chi connectivity index (χ0) is 31.9. The van der Waals surface area contributed by atoms with Gasteiger partial charge in [0.15, 0.2) is 0 Å². The molecule has 0 saturated carbocycles. The molecule has 12 nitrogen and oxygen atoms in total. The molecule has 0 atom stereocenters. The van der Waals surface area contributed by atoms with Crippen LogP contribution < -0.4 is 20.1 Å². The third-order valence-electron chi connectivity index (χ3n) is 6.61. The van der Waals surface area contributed by atoms with Crippen LogP contribution in [0.2, 0.25) is 5.02 Å². The molecule has 232 valence electrons. The fourth-order valence-electron chi connectivity index (χ4n) is 4.50. The highest BCUT2D eigenvalue weighted by Gasteiger charge is 2.26. The number of rotatable bonds is 14. The lowest BCUT2D eigenvalue weighted by molar-refractivity contribution is -0.384. The number of carbonyl (C=O) groups excluding carboxylic acids is 1. The van der Waals surface area contributed by atoms with Crippen LogP contribution in [0.3, 0.4) is 0 Å². The summed E-state index contributed by atoms with van der Waals surface area (Å²) in [4.78, 5) is 28.4. The second-order valence-corrected chi connectivity index (χ2v) is 12.0. The Kier molecular flexibility index (Phi) is 10.6. The molecule has 0 aliphatic carbocycles. The molecule has 0 aliphatic rings. The van der Waals surface area contributed by atoms with E-state index in [2.05, 4.69) is 15.6 Å². The lowest BCUT2D eigenvalue weighted by atomic mass is 10.1. The van der Waals surface area contributed by atoms with Gasteiger partial charge in [-0.05, 0) is 74.5 Å². The molecule has 0 fully saturated rings. The number of benzene rings is 3. The van der Waals surface area contributed by atoms with E-state index in [1.54, 1.807) is 19.1 Å². The van der Waals surface area contributed by atoms with E-state index in [4.69, 9.17) is 21.1 Å². The number of pyridine rings is 1. The van der Waals surface area contributed by atoms with Gasteiger partial charge < -0.3 is 20.1 Å². The van der Waals surface area contributed by atoms with E-state index in [9.17, 15) is 23.3 Å². The zero-order valence-electron chi connectivity index (χ0n) is 24.4. The predicted octanol–water partition coefficient (Wildman–Crippen LogP) is 5.64. The molecule has 1 aromatic heterocycles. The van der Waals surface area contributed by atoms with Gasteiger partial charge in [-0.3, -0.25) is 19.9 Å². The summed E-state index contributed by atoms with van der Waals surface area (Å²) in [6.45, 7) is 3.95. The molecule has 0 bridgehead atoms. The van der Waals surface area contributed by atoms with Crippen LogP contribution in [0.5, 0.6) is 11.5 Å². The molecule has 3 aromatic carbocycles. The Morgan fingerprint density at radius 3 is 2.43 bits per heavy atom. The van der Waals surface area contributed by atoms with Crippen LogP contribution in [0.4, 0.5) is 17.1 Å². The molecular weight excluding hydrogens is 610 g/mol. The number of methoxy groups -OCH3 is 1. The average molecular weight is 642 g/mol. The molecule has 14 heteroatoms. The minimum atomic E-state index is -4.04. The van der Waals surface area contributed by atoms with Crippen molar-refractivity contribution in [2.45, 2.75) is 25.2 Å². The molecule has 1 heterocycles. The fourth-order valence-corrected chi connectivity index (χ4v) is 6.12. The highest BCUT2D eigenvalue weighted by atomic mass is 35.5. The summed E-state index contributed by atoms with van der Waals surface area (Å²) >= 11 is 6.21. The summed E-state index contributed by atoms with van der Waals surface area (Å²) in [5, 5.41) is 18.7. The Labute approximate surface area is 260 Å². The topological polar surface area (TPSA) is 153 Å². The summed E-state index contributed by atoms with van der Waals surface area (Å²) < 4.78 is 39.1. The molecule has 0 radical (unpaired) electrons.